The van der Waals surface area contributed by atoms with E-state index in [0.29, 0.717) is 34.9 Å². The van der Waals surface area contributed by atoms with Gasteiger partial charge >= 0.3 is 0 Å². The van der Waals surface area contributed by atoms with Gasteiger partial charge in [0, 0.05) is 12.1 Å². The zero-order chi connectivity index (χ0) is 21.9. The fourth-order valence-electron chi connectivity index (χ4n) is 3.14. The summed E-state index contributed by atoms with van der Waals surface area (Å²) in [7, 11) is 1.54. The van der Waals surface area contributed by atoms with Crippen molar-refractivity contribution >= 4 is 11.7 Å². The molecule has 154 valence electrons. The number of nitrogen functional groups attached to an aromatic ring is 1. The summed E-state index contributed by atoms with van der Waals surface area (Å²) in [6.07, 6.45) is 0. The summed E-state index contributed by atoms with van der Waals surface area (Å²) < 4.78 is 6.90. The first-order valence-corrected chi connectivity index (χ1v) is 9.56. The molecular weight excluding hydrogens is 378 g/mol. The first-order chi connectivity index (χ1) is 14.3. The number of methoxy groups -OCH3 is 1. The third-order valence-electron chi connectivity index (χ3n) is 4.70. The van der Waals surface area contributed by atoms with Crippen LogP contribution in [-0.4, -0.2) is 22.8 Å². The summed E-state index contributed by atoms with van der Waals surface area (Å²) in [5.41, 5.74) is 8.92. The van der Waals surface area contributed by atoms with E-state index >= 15 is 0 Å². The van der Waals surface area contributed by atoms with Crippen LogP contribution in [0, 0.1) is 11.3 Å². The normalized spacial score (nSPS) is 11.0. The molecule has 3 rings (SSSR count). The van der Waals surface area contributed by atoms with Crippen molar-refractivity contribution in [2.75, 3.05) is 12.8 Å². The molecule has 1 amide bonds. The maximum atomic E-state index is 12.5. The third-order valence-corrected chi connectivity index (χ3v) is 4.70. The molecule has 0 aliphatic rings. The Labute approximate surface area is 176 Å². The SMILES string of the molecule is COc1ccccc1C(=O)NCc1ccc(-c2nn(C(C)(C)C)c(N)c2C#N)cc1. The van der Waals surface area contributed by atoms with Crippen molar-refractivity contribution in [3.8, 4) is 23.1 Å². The van der Waals surface area contributed by atoms with Crippen LogP contribution in [-0.2, 0) is 12.1 Å². The molecule has 0 unspecified atom stereocenters. The number of amides is 1. The summed E-state index contributed by atoms with van der Waals surface area (Å²) in [5, 5.41) is 17.0. The minimum Gasteiger partial charge on any atom is -0.496 e. The van der Waals surface area contributed by atoms with Gasteiger partial charge in [0.2, 0.25) is 0 Å². The minimum absolute atomic E-state index is 0.208. The van der Waals surface area contributed by atoms with Crippen molar-refractivity contribution in [2.24, 2.45) is 0 Å². The van der Waals surface area contributed by atoms with Crippen LogP contribution in [0.1, 0.15) is 42.3 Å². The Bertz CT molecular complexity index is 1100. The highest BCUT2D eigenvalue weighted by Crippen LogP contribution is 2.30. The average molecular weight is 403 g/mol. The molecule has 30 heavy (non-hydrogen) atoms. The molecule has 0 aliphatic heterocycles. The number of hydrogen-bond acceptors (Lipinski definition) is 5. The maximum absolute atomic E-state index is 12.5. The van der Waals surface area contributed by atoms with Crippen LogP contribution in [0.25, 0.3) is 11.3 Å². The number of carbonyl (C=O) groups excluding carboxylic acids is 1. The molecule has 3 N–H and O–H groups in total. The van der Waals surface area contributed by atoms with Gasteiger partial charge in [0.05, 0.1) is 18.2 Å². The molecular formula is C23H25N5O2. The lowest BCUT2D eigenvalue weighted by atomic mass is 10.1. The molecule has 0 aliphatic carbocycles. The topological polar surface area (TPSA) is 106 Å². The lowest BCUT2D eigenvalue weighted by Crippen LogP contribution is -2.24. The van der Waals surface area contributed by atoms with Crippen LogP contribution in [0.5, 0.6) is 5.75 Å². The van der Waals surface area contributed by atoms with E-state index in [4.69, 9.17) is 10.5 Å². The van der Waals surface area contributed by atoms with E-state index < -0.39 is 0 Å². The van der Waals surface area contributed by atoms with Gasteiger partial charge in [-0.15, -0.1) is 0 Å². The van der Waals surface area contributed by atoms with Gasteiger partial charge in [-0.25, -0.2) is 4.68 Å². The Morgan fingerprint density at radius 3 is 2.47 bits per heavy atom. The van der Waals surface area contributed by atoms with Crippen LogP contribution in [0.2, 0.25) is 0 Å². The third kappa shape index (κ3) is 4.13. The van der Waals surface area contributed by atoms with E-state index in [0.717, 1.165) is 11.1 Å². The van der Waals surface area contributed by atoms with E-state index in [-0.39, 0.29) is 11.4 Å². The summed E-state index contributed by atoms with van der Waals surface area (Å²) in [6.45, 7) is 6.30. The summed E-state index contributed by atoms with van der Waals surface area (Å²) in [4.78, 5) is 12.5. The number of para-hydroxylation sites is 1. The molecule has 7 nitrogen and oxygen atoms in total. The minimum atomic E-state index is -0.337. The molecule has 0 fully saturated rings. The van der Waals surface area contributed by atoms with Crippen LogP contribution in [0.3, 0.4) is 0 Å². The molecule has 0 spiro atoms. The van der Waals surface area contributed by atoms with Gasteiger partial charge in [-0.2, -0.15) is 10.4 Å². The molecule has 0 saturated heterocycles. The van der Waals surface area contributed by atoms with Crippen molar-refractivity contribution in [3.63, 3.8) is 0 Å². The number of anilines is 1. The van der Waals surface area contributed by atoms with Crippen molar-refractivity contribution in [1.29, 1.82) is 5.26 Å². The lowest BCUT2D eigenvalue weighted by Gasteiger charge is -2.20. The van der Waals surface area contributed by atoms with E-state index in [1.165, 1.54) is 7.11 Å². The first kappa shape index (κ1) is 20.9. The molecule has 1 aromatic heterocycles. The highest BCUT2D eigenvalue weighted by molar-refractivity contribution is 5.96. The molecule has 0 bridgehead atoms. The molecule has 0 radical (unpaired) electrons. The van der Waals surface area contributed by atoms with Gasteiger partial charge in [-0.3, -0.25) is 4.79 Å². The van der Waals surface area contributed by atoms with Gasteiger partial charge in [0.15, 0.2) is 0 Å². The molecule has 2 aromatic carbocycles. The van der Waals surface area contributed by atoms with Gasteiger partial charge < -0.3 is 15.8 Å². The number of rotatable bonds is 5. The van der Waals surface area contributed by atoms with Crippen molar-refractivity contribution < 1.29 is 9.53 Å². The molecule has 1 heterocycles. The standard InChI is InChI=1S/C23H25N5O2/c1-23(2,3)28-21(25)18(13-24)20(27-28)16-11-9-15(10-12-16)14-26-22(29)17-7-5-6-8-19(17)30-4/h5-12H,14,25H2,1-4H3,(H,26,29). The molecule has 0 saturated carbocycles. The smallest absolute Gasteiger partial charge is 0.255 e. The van der Waals surface area contributed by atoms with E-state index in [2.05, 4.69) is 16.5 Å². The maximum Gasteiger partial charge on any atom is 0.255 e. The first-order valence-electron chi connectivity index (χ1n) is 9.56. The largest absolute Gasteiger partial charge is 0.496 e. The zero-order valence-corrected chi connectivity index (χ0v) is 17.6. The predicted octanol–water partition coefficient (Wildman–Crippen LogP) is 3.70. The van der Waals surface area contributed by atoms with Crippen LogP contribution >= 0.6 is 0 Å². The van der Waals surface area contributed by atoms with Gasteiger partial charge in [-0.1, -0.05) is 36.4 Å². The number of nitrogens with two attached hydrogens (primary N) is 1. The van der Waals surface area contributed by atoms with E-state index in [1.807, 2.05) is 51.1 Å². The Morgan fingerprint density at radius 2 is 1.87 bits per heavy atom. The van der Waals surface area contributed by atoms with Gasteiger partial charge in [-0.05, 0) is 38.5 Å². The monoisotopic (exact) mass is 403 g/mol. The van der Waals surface area contributed by atoms with E-state index in [9.17, 15) is 10.1 Å². The highest BCUT2D eigenvalue weighted by Gasteiger charge is 2.24. The van der Waals surface area contributed by atoms with Gasteiger partial charge in [0.1, 0.15) is 28.9 Å². The number of aromatic nitrogens is 2. The zero-order valence-electron chi connectivity index (χ0n) is 17.6. The van der Waals surface area contributed by atoms with Crippen molar-refractivity contribution in [2.45, 2.75) is 32.9 Å². The second-order valence-electron chi connectivity index (χ2n) is 7.88. The van der Waals surface area contributed by atoms with Crippen LogP contribution < -0.4 is 15.8 Å². The number of nitriles is 1. The molecule has 3 aromatic rings. The van der Waals surface area contributed by atoms with Crippen LogP contribution in [0.4, 0.5) is 5.82 Å². The predicted molar refractivity (Wildman–Crippen MR) is 116 cm³/mol. The molecule has 0 atom stereocenters. The Morgan fingerprint density at radius 1 is 1.20 bits per heavy atom. The molecule has 7 heteroatoms. The van der Waals surface area contributed by atoms with E-state index in [1.54, 1.807) is 22.9 Å². The Balaban J connectivity index is 1.78. The summed E-state index contributed by atoms with van der Waals surface area (Å²) in [5.74, 6) is 0.675. The number of ether oxygens (including phenoxy) is 1. The summed E-state index contributed by atoms with van der Waals surface area (Å²) >= 11 is 0. The van der Waals surface area contributed by atoms with Crippen molar-refractivity contribution in [1.82, 2.24) is 15.1 Å². The van der Waals surface area contributed by atoms with Crippen LogP contribution in [0.15, 0.2) is 48.5 Å². The number of carbonyl (C=O) groups is 1. The fourth-order valence-corrected chi connectivity index (χ4v) is 3.14. The van der Waals surface area contributed by atoms with Gasteiger partial charge in [0.25, 0.3) is 5.91 Å². The Hall–Kier alpha value is -3.79. The number of nitrogens with one attached hydrogen (secondary N) is 1. The number of hydrogen-bond donors (Lipinski definition) is 2. The Kier molecular flexibility index (Phi) is 5.79. The number of nitrogens with zero attached hydrogens (tertiary/aromatic N) is 3. The van der Waals surface area contributed by atoms with Crippen molar-refractivity contribution in [3.05, 3.63) is 65.2 Å². The number of benzene rings is 2. The lowest BCUT2D eigenvalue weighted by molar-refractivity contribution is 0.0948. The quantitative estimate of drug-likeness (QED) is 0.676. The fraction of sp³-hybridized carbons (Fsp3) is 0.261. The highest BCUT2D eigenvalue weighted by atomic mass is 16.5. The second kappa shape index (κ2) is 8.29. The second-order valence-corrected chi connectivity index (χ2v) is 7.88. The summed E-state index contributed by atoms with van der Waals surface area (Å²) in [6, 6.07) is 16.8. The average Bonchev–Trinajstić information content (AvgIpc) is 3.09.